The Hall–Kier alpha value is -2.87. The van der Waals surface area contributed by atoms with Crippen LogP contribution in [0.25, 0.3) is 11.4 Å². The first-order valence-corrected chi connectivity index (χ1v) is 9.25. The number of thioether (sulfide) groups is 1. The number of hydrogen-bond donors (Lipinski definition) is 2. The molecule has 27 heavy (non-hydrogen) atoms. The summed E-state index contributed by atoms with van der Waals surface area (Å²) in [6.07, 6.45) is 0. The summed E-state index contributed by atoms with van der Waals surface area (Å²) >= 11 is 1.16. The van der Waals surface area contributed by atoms with Crippen molar-refractivity contribution in [3.63, 3.8) is 0 Å². The lowest BCUT2D eigenvalue weighted by Crippen LogP contribution is -2.24. The highest BCUT2D eigenvalue weighted by Gasteiger charge is 2.21. The maximum atomic E-state index is 14.0. The van der Waals surface area contributed by atoms with Crippen molar-refractivity contribution in [2.45, 2.75) is 31.2 Å². The Morgan fingerprint density at radius 2 is 1.81 bits per heavy atom. The summed E-state index contributed by atoms with van der Waals surface area (Å²) in [7, 11) is 0. The molecule has 0 saturated heterocycles. The molecule has 3 N–H and O–H groups in total. The number of nitrogens with one attached hydrogen (secondary N) is 1. The predicted octanol–water partition coefficient (Wildman–Crippen LogP) is 3.53. The van der Waals surface area contributed by atoms with Crippen LogP contribution >= 0.6 is 11.8 Å². The van der Waals surface area contributed by atoms with Crippen molar-refractivity contribution in [2.24, 2.45) is 0 Å². The number of nitrogens with two attached hydrogens (primary N) is 1. The summed E-state index contributed by atoms with van der Waals surface area (Å²) in [6.45, 7) is 5.64. The van der Waals surface area contributed by atoms with Crippen LogP contribution in [-0.2, 0) is 4.79 Å². The minimum absolute atomic E-state index is 0.173. The number of rotatable bonds is 5. The number of aryl methyl sites for hydroxylation is 2. The monoisotopic (exact) mass is 385 g/mol. The molecule has 0 fully saturated rings. The zero-order valence-corrected chi connectivity index (χ0v) is 16.0. The van der Waals surface area contributed by atoms with Gasteiger partial charge in [0.05, 0.1) is 10.8 Å². The zero-order valence-electron chi connectivity index (χ0n) is 15.2. The topological polar surface area (TPSA) is 85.8 Å². The van der Waals surface area contributed by atoms with Gasteiger partial charge in [-0.2, -0.15) is 0 Å². The Balaban J connectivity index is 1.76. The van der Waals surface area contributed by atoms with Gasteiger partial charge in [-0.25, -0.2) is 9.07 Å². The minimum Gasteiger partial charge on any atom is -0.335 e. The number of carbonyl (C=O) groups excluding carboxylic acids is 1. The molecule has 8 heteroatoms. The molecule has 140 valence electrons. The van der Waals surface area contributed by atoms with E-state index in [-0.39, 0.29) is 17.3 Å². The average molecular weight is 385 g/mol. The van der Waals surface area contributed by atoms with E-state index in [1.165, 1.54) is 10.7 Å². The lowest BCUT2D eigenvalue weighted by Gasteiger charge is -2.15. The van der Waals surface area contributed by atoms with Crippen molar-refractivity contribution >= 4 is 23.4 Å². The van der Waals surface area contributed by atoms with Crippen LogP contribution in [-0.4, -0.2) is 26.0 Å². The molecule has 0 saturated carbocycles. The highest BCUT2D eigenvalue weighted by atomic mass is 32.2. The van der Waals surface area contributed by atoms with E-state index in [9.17, 15) is 9.18 Å². The van der Waals surface area contributed by atoms with Crippen LogP contribution in [0.4, 0.5) is 10.1 Å². The fourth-order valence-corrected chi connectivity index (χ4v) is 3.40. The predicted molar refractivity (Wildman–Crippen MR) is 105 cm³/mol. The number of aromatic nitrogens is 3. The van der Waals surface area contributed by atoms with Crippen molar-refractivity contribution < 1.29 is 9.18 Å². The second-order valence-corrected chi connectivity index (χ2v) is 7.48. The number of nitrogen functional groups attached to an aromatic ring is 1. The molecule has 3 aromatic rings. The van der Waals surface area contributed by atoms with E-state index in [1.54, 1.807) is 25.1 Å². The summed E-state index contributed by atoms with van der Waals surface area (Å²) in [5.41, 5.74) is 3.04. The first kappa shape index (κ1) is 18.9. The van der Waals surface area contributed by atoms with Crippen LogP contribution in [0, 0.1) is 19.7 Å². The third kappa shape index (κ3) is 3.95. The fourth-order valence-electron chi connectivity index (χ4n) is 2.63. The number of halogens is 1. The van der Waals surface area contributed by atoms with Crippen molar-refractivity contribution in [3.8, 4) is 11.4 Å². The van der Waals surface area contributed by atoms with Gasteiger partial charge in [0, 0.05) is 5.69 Å². The van der Waals surface area contributed by atoms with Crippen LogP contribution in [0.15, 0.2) is 47.6 Å². The summed E-state index contributed by atoms with van der Waals surface area (Å²) in [4.78, 5) is 12.6. The molecular formula is C19H20FN5OS. The van der Waals surface area contributed by atoms with Gasteiger partial charge in [0.2, 0.25) is 11.1 Å². The Morgan fingerprint density at radius 1 is 1.15 bits per heavy atom. The van der Waals surface area contributed by atoms with Gasteiger partial charge < -0.3 is 11.2 Å². The van der Waals surface area contributed by atoms with Crippen LogP contribution in [0.2, 0.25) is 0 Å². The molecule has 0 radical (unpaired) electrons. The molecule has 1 atom stereocenters. The van der Waals surface area contributed by atoms with Gasteiger partial charge >= 0.3 is 0 Å². The molecule has 2 aromatic carbocycles. The Morgan fingerprint density at radius 3 is 2.48 bits per heavy atom. The Kier molecular flexibility index (Phi) is 5.46. The molecule has 1 heterocycles. The Bertz CT molecular complexity index is 968. The molecular weight excluding hydrogens is 365 g/mol. The number of anilines is 1. The lowest BCUT2D eigenvalue weighted by molar-refractivity contribution is -0.115. The van der Waals surface area contributed by atoms with Crippen molar-refractivity contribution in [1.29, 1.82) is 0 Å². The van der Waals surface area contributed by atoms with E-state index < -0.39 is 11.1 Å². The first-order chi connectivity index (χ1) is 12.9. The van der Waals surface area contributed by atoms with Crippen LogP contribution in [0.3, 0.4) is 0 Å². The second kappa shape index (κ2) is 7.79. The zero-order chi connectivity index (χ0) is 19.6. The summed E-state index contributed by atoms with van der Waals surface area (Å²) < 4.78 is 15.2. The average Bonchev–Trinajstić information content (AvgIpc) is 2.99. The Labute approximate surface area is 161 Å². The quantitative estimate of drug-likeness (QED) is 0.518. The molecule has 0 aliphatic carbocycles. The van der Waals surface area contributed by atoms with Crippen LogP contribution < -0.4 is 11.2 Å². The van der Waals surface area contributed by atoms with Gasteiger partial charge in [-0.3, -0.25) is 4.79 Å². The van der Waals surface area contributed by atoms with Gasteiger partial charge in [0.15, 0.2) is 5.82 Å². The van der Waals surface area contributed by atoms with Gasteiger partial charge in [-0.05, 0) is 44.0 Å². The number of nitrogens with zero attached hydrogens (tertiary/aromatic N) is 3. The number of hydrogen-bond acceptors (Lipinski definition) is 5. The second-order valence-electron chi connectivity index (χ2n) is 6.17. The number of amides is 1. The van der Waals surface area contributed by atoms with Crippen molar-refractivity contribution in [1.82, 2.24) is 14.9 Å². The van der Waals surface area contributed by atoms with Crippen molar-refractivity contribution in [2.75, 3.05) is 11.2 Å². The molecule has 1 unspecified atom stereocenters. The summed E-state index contributed by atoms with van der Waals surface area (Å²) in [5, 5.41) is 10.8. The van der Waals surface area contributed by atoms with Gasteiger partial charge in [-0.15, -0.1) is 10.2 Å². The maximum Gasteiger partial charge on any atom is 0.237 e. The van der Waals surface area contributed by atoms with E-state index in [0.717, 1.165) is 28.6 Å². The fraction of sp³-hybridized carbons (Fsp3) is 0.211. The van der Waals surface area contributed by atoms with Gasteiger partial charge in [-0.1, -0.05) is 42.1 Å². The summed E-state index contributed by atoms with van der Waals surface area (Å²) in [6, 6.07) is 12.0. The molecule has 3 rings (SSSR count). The van der Waals surface area contributed by atoms with Crippen molar-refractivity contribution in [3.05, 3.63) is 59.4 Å². The lowest BCUT2D eigenvalue weighted by atomic mass is 10.1. The third-order valence-corrected chi connectivity index (χ3v) is 5.22. The van der Waals surface area contributed by atoms with E-state index in [0.29, 0.717) is 5.16 Å². The highest BCUT2D eigenvalue weighted by molar-refractivity contribution is 8.00. The molecule has 0 aliphatic heterocycles. The molecule has 0 bridgehead atoms. The van der Waals surface area contributed by atoms with E-state index in [2.05, 4.69) is 15.5 Å². The molecule has 0 aliphatic rings. The van der Waals surface area contributed by atoms with Gasteiger partial charge in [0.1, 0.15) is 5.82 Å². The molecule has 6 nitrogen and oxygen atoms in total. The molecule has 1 amide bonds. The molecule has 0 spiro atoms. The van der Waals surface area contributed by atoms with Gasteiger partial charge in [0.25, 0.3) is 0 Å². The number of carbonyl (C=O) groups is 1. The number of para-hydroxylation sites is 1. The van der Waals surface area contributed by atoms with Crippen LogP contribution in [0.5, 0.6) is 0 Å². The van der Waals surface area contributed by atoms with E-state index in [4.69, 9.17) is 5.84 Å². The smallest absolute Gasteiger partial charge is 0.237 e. The van der Waals surface area contributed by atoms with E-state index in [1.807, 2.05) is 32.0 Å². The largest absolute Gasteiger partial charge is 0.335 e. The first-order valence-electron chi connectivity index (χ1n) is 8.37. The summed E-state index contributed by atoms with van der Waals surface area (Å²) in [5.74, 6) is 5.62. The normalized spacial score (nSPS) is 12.0. The van der Waals surface area contributed by atoms with Crippen LogP contribution in [0.1, 0.15) is 18.1 Å². The standard InChI is InChI=1S/C19H20FN5OS/c1-11-7-6-8-12(2)16(11)22-18(26)13(3)27-19-24-23-17(25(19)21)14-9-4-5-10-15(14)20/h4-10,13H,21H2,1-3H3,(H,22,26). The SMILES string of the molecule is Cc1cccc(C)c1NC(=O)C(C)Sc1nnc(-c2ccccc2F)n1N. The maximum absolute atomic E-state index is 14.0. The third-order valence-electron chi connectivity index (χ3n) is 4.16. The molecule has 1 aromatic heterocycles. The minimum atomic E-state index is -0.469. The van der Waals surface area contributed by atoms with E-state index >= 15 is 0 Å². The number of benzene rings is 2. The highest BCUT2D eigenvalue weighted by Crippen LogP contribution is 2.27.